The fourth-order valence-electron chi connectivity index (χ4n) is 2.99. The molecule has 0 fully saturated rings. The molecule has 0 amide bonds. The molecule has 4 aromatic rings. The van der Waals surface area contributed by atoms with Gasteiger partial charge >= 0.3 is 6.18 Å². The molecule has 0 saturated carbocycles. The van der Waals surface area contributed by atoms with Crippen molar-refractivity contribution in [3.05, 3.63) is 65.8 Å². The van der Waals surface area contributed by atoms with Gasteiger partial charge < -0.3 is 9.09 Å². The maximum absolute atomic E-state index is 13.1. The Bertz CT molecular complexity index is 1200. The molecule has 0 bridgehead atoms. The number of thioether (sulfide) groups is 1. The van der Waals surface area contributed by atoms with Crippen LogP contribution in [-0.4, -0.2) is 30.7 Å². The highest BCUT2D eigenvalue weighted by Gasteiger charge is 2.30. The van der Waals surface area contributed by atoms with E-state index in [1.54, 1.807) is 12.1 Å². The number of rotatable bonds is 7. The summed E-state index contributed by atoms with van der Waals surface area (Å²) in [6.45, 7) is 0. The van der Waals surface area contributed by atoms with E-state index in [9.17, 15) is 17.6 Å². The third-order valence-corrected chi connectivity index (χ3v) is 5.73. The fraction of sp³-hybridized carbons (Fsp3) is 0.238. The lowest BCUT2D eigenvalue weighted by Crippen LogP contribution is -2.04. The summed E-state index contributed by atoms with van der Waals surface area (Å²) in [5.74, 6) is 1.48. The Morgan fingerprint density at radius 2 is 1.81 bits per heavy atom. The summed E-state index contributed by atoms with van der Waals surface area (Å²) in [6.07, 6.45) is -3.27. The van der Waals surface area contributed by atoms with Crippen molar-refractivity contribution >= 4 is 11.8 Å². The van der Waals surface area contributed by atoms with Gasteiger partial charge in [-0.05, 0) is 42.8 Å². The van der Waals surface area contributed by atoms with E-state index >= 15 is 0 Å². The van der Waals surface area contributed by atoms with Gasteiger partial charge in [0.15, 0.2) is 11.0 Å². The Labute approximate surface area is 184 Å². The largest absolute Gasteiger partial charge is 0.416 e. The quantitative estimate of drug-likeness (QED) is 0.207. The number of benzene rings is 2. The number of hydrogen-bond acceptors (Lipinski definition) is 6. The van der Waals surface area contributed by atoms with Gasteiger partial charge in [-0.25, -0.2) is 4.39 Å². The van der Waals surface area contributed by atoms with Crippen LogP contribution in [0.5, 0.6) is 0 Å². The third kappa shape index (κ3) is 4.98. The smallest absolute Gasteiger partial charge is 0.339 e. The summed E-state index contributed by atoms with van der Waals surface area (Å²) in [4.78, 5) is 4.20. The second kappa shape index (κ2) is 9.11. The zero-order valence-corrected chi connectivity index (χ0v) is 17.6. The van der Waals surface area contributed by atoms with E-state index in [4.69, 9.17) is 4.52 Å². The van der Waals surface area contributed by atoms with E-state index in [0.717, 1.165) is 17.7 Å². The van der Waals surface area contributed by atoms with Gasteiger partial charge in [0.2, 0.25) is 11.7 Å². The van der Waals surface area contributed by atoms with E-state index < -0.39 is 11.7 Å². The molecule has 6 nitrogen and oxygen atoms in total. The number of aryl methyl sites for hydroxylation is 1. The van der Waals surface area contributed by atoms with Crippen molar-refractivity contribution in [3.8, 4) is 22.8 Å². The first-order valence-electron chi connectivity index (χ1n) is 9.59. The Kier molecular flexibility index (Phi) is 6.26. The second-order valence-electron chi connectivity index (χ2n) is 6.91. The monoisotopic (exact) mass is 463 g/mol. The molecule has 2 aromatic carbocycles. The molecule has 4 rings (SSSR count). The molecule has 0 aliphatic rings. The predicted molar refractivity (Wildman–Crippen MR) is 110 cm³/mol. The van der Waals surface area contributed by atoms with E-state index in [1.165, 1.54) is 36.0 Å². The number of hydrogen-bond donors (Lipinski definition) is 0. The van der Waals surface area contributed by atoms with Crippen LogP contribution in [0, 0.1) is 5.82 Å². The first-order chi connectivity index (χ1) is 15.3. The molecule has 0 unspecified atom stereocenters. The predicted octanol–water partition coefficient (Wildman–Crippen LogP) is 5.41. The van der Waals surface area contributed by atoms with Crippen molar-refractivity contribution in [1.29, 1.82) is 0 Å². The highest BCUT2D eigenvalue weighted by molar-refractivity contribution is 7.99. The first kappa shape index (κ1) is 22.0. The summed E-state index contributed by atoms with van der Waals surface area (Å²) in [7, 11) is 1.83. The topological polar surface area (TPSA) is 69.6 Å². The van der Waals surface area contributed by atoms with Crippen LogP contribution in [-0.2, 0) is 19.6 Å². The molecular weight excluding hydrogens is 446 g/mol. The Morgan fingerprint density at radius 1 is 1.03 bits per heavy atom. The third-order valence-electron chi connectivity index (χ3n) is 4.62. The zero-order valence-electron chi connectivity index (χ0n) is 16.8. The molecule has 0 N–H and O–H groups in total. The van der Waals surface area contributed by atoms with E-state index in [2.05, 4.69) is 20.3 Å². The van der Waals surface area contributed by atoms with Crippen LogP contribution in [0.1, 0.15) is 17.9 Å². The van der Waals surface area contributed by atoms with Crippen molar-refractivity contribution < 1.29 is 22.1 Å². The molecule has 11 heteroatoms. The minimum atomic E-state index is -4.43. The first-order valence-corrected chi connectivity index (χ1v) is 10.6. The van der Waals surface area contributed by atoms with Crippen LogP contribution in [0.4, 0.5) is 17.6 Å². The summed E-state index contributed by atoms with van der Waals surface area (Å²) < 4.78 is 58.8. The van der Waals surface area contributed by atoms with Crippen molar-refractivity contribution in [2.24, 2.45) is 7.05 Å². The number of alkyl halides is 3. The molecule has 0 radical (unpaired) electrons. The van der Waals surface area contributed by atoms with Crippen LogP contribution < -0.4 is 0 Å². The summed E-state index contributed by atoms with van der Waals surface area (Å²) in [5, 5.41) is 12.8. The number of nitrogens with zero attached hydrogens (tertiary/aromatic N) is 5. The van der Waals surface area contributed by atoms with Gasteiger partial charge in [0, 0.05) is 30.3 Å². The lowest BCUT2D eigenvalue weighted by Gasteiger charge is -2.06. The van der Waals surface area contributed by atoms with Gasteiger partial charge in [0.25, 0.3) is 0 Å². The highest BCUT2D eigenvalue weighted by Crippen LogP contribution is 2.31. The summed E-state index contributed by atoms with van der Waals surface area (Å²) >= 11 is 1.49. The van der Waals surface area contributed by atoms with Gasteiger partial charge in [-0.3, -0.25) is 0 Å². The van der Waals surface area contributed by atoms with Crippen molar-refractivity contribution in [1.82, 2.24) is 24.9 Å². The highest BCUT2D eigenvalue weighted by atomic mass is 32.2. The van der Waals surface area contributed by atoms with Gasteiger partial charge in [-0.1, -0.05) is 29.1 Å². The van der Waals surface area contributed by atoms with Gasteiger partial charge in [-0.15, -0.1) is 10.2 Å². The minimum absolute atomic E-state index is 0.121. The molecule has 166 valence electrons. The Balaban J connectivity index is 1.33. The molecule has 32 heavy (non-hydrogen) atoms. The van der Waals surface area contributed by atoms with Crippen molar-refractivity contribution in [2.75, 3.05) is 5.75 Å². The molecule has 0 spiro atoms. The lowest BCUT2D eigenvalue weighted by atomic mass is 10.1. The van der Waals surface area contributed by atoms with Crippen molar-refractivity contribution in [3.63, 3.8) is 0 Å². The van der Waals surface area contributed by atoms with E-state index in [1.807, 2.05) is 11.6 Å². The van der Waals surface area contributed by atoms with Crippen LogP contribution in [0.3, 0.4) is 0 Å². The number of aromatic nitrogens is 5. The lowest BCUT2D eigenvalue weighted by molar-refractivity contribution is -0.137. The molecule has 0 aliphatic carbocycles. The van der Waals surface area contributed by atoms with Crippen LogP contribution in [0.25, 0.3) is 22.8 Å². The fourth-order valence-corrected chi connectivity index (χ4v) is 3.84. The minimum Gasteiger partial charge on any atom is -0.339 e. The van der Waals surface area contributed by atoms with Gasteiger partial charge in [0.1, 0.15) is 5.82 Å². The van der Waals surface area contributed by atoms with Crippen LogP contribution >= 0.6 is 11.8 Å². The maximum atomic E-state index is 13.1. The van der Waals surface area contributed by atoms with E-state index in [-0.39, 0.29) is 17.2 Å². The zero-order chi connectivity index (χ0) is 22.7. The average Bonchev–Trinajstić information content (AvgIpc) is 3.38. The molecular formula is C21H17F4N5OS. The Morgan fingerprint density at radius 3 is 2.56 bits per heavy atom. The molecule has 2 heterocycles. The van der Waals surface area contributed by atoms with E-state index in [0.29, 0.717) is 35.5 Å². The molecule has 0 aliphatic heterocycles. The molecule has 2 aromatic heterocycles. The second-order valence-corrected chi connectivity index (χ2v) is 7.98. The summed E-state index contributed by atoms with van der Waals surface area (Å²) in [6, 6.07) is 10.8. The normalized spacial score (nSPS) is 11.8. The SMILES string of the molecule is Cn1c(SCCCc2nc(-c3cccc(C(F)(F)F)c3)no2)nnc1-c1ccc(F)cc1. The maximum Gasteiger partial charge on any atom is 0.416 e. The van der Waals surface area contributed by atoms with Gasteiger partial charge in [0.05, 0.1) is 5.56 Å². The number of halogens is 4. The van der Waals surface area contributed by atoms with Crippen LogP contribution in [0.15, 0.2) is 58.2 Å². The average molecular weight is 463 g/mol. The van der Waals surface area contributed by atoms with Gasteiger partial charge in [-0.2, -0.15) is 18.2 Å². The summed E-state index contributed by atoms with van der Waals surface area (Å²) in [5.41, 5.74) is 0.249. The molecule has 0 saturated heterocycles. The van der Waals surface area contributed by atoms with Crippen molar-refractivity contribution in [2.45, 2.75) is 24.2 Å². The molecule has 0 atom stereocenters. The van der Waals surface area contributed by atoms with Crippen LogP contribution in [0.2, 0.25) is 0 Å². The standard InChI is InChI=1S/C21H17F4N5OS/c1-30-19(13-7-9-16(22)10-8-13)27-28-20(30)32-11-3-6-17-26-18(29-31-17)14-4-2-5-15(12-14)21(23,24)25/h2,4-5,7-10,12H,3,6,11H2,1H3. The Hall–Kier alpha value is -3.21.